The summed E-state index contributed by atoms with van der Waals surface area (Å²) in [5.41, 5.74) is 2.25. The molecule has 0 fully saturated rings. The monoisotopic (exact) mass is 502 g/mol. The first-order valence-electron chi connectivity index (χ1n) is 11.3. The highest BCUT2D eigenvalue weighted by atomic mass is 16.5. The van der Waals surface area contributed by atoms with Crippen LogP contribution in [0.25, 0.3) is 6.08 Å². The van der Waals surface area contributed by atoms with Crippen molar-refractivity contribution in [2.24, 2.45) is 0 Å². The third-order valence-corrected chi connectivity index (χ3v) is 6.36. The number of esters is 1. The quantitative estimate of drug-likeness (QED) is 0.296. The minimum Gasteiger partial charge on any atom is -0.493 e. The zero-order chi connectivity index (χ0) is 26.3. The van der Waals surface area contributed by atoms with Gasteiger partial charge in [0, 0.05) is 17.0 Å². The lowest BCUT2D eigenvalue weighted by Gasteiger charge is -2.26. The van der Waals surface area contributed by atoms with Gasteiger partial charge in [-0.2, -0.15) is 0 Å². The largest absolute Gasteiger partial charge is 0.493 e. The van der Waals surface area contributed by atoms with Gasteiger partial charge in [0.2, 0.25) is 11.5 Å². The van der Waals surface area contributed by atoms with Crippen LogP contribution in [-0.2, 0) is 4.79 Å². The number of benzene rings is 3. The molecule has 188 valence electrons. The van der Waals surface area contributed by atoms with E-state index in [0.717, 1.165) is 0 Å². The van der Waals surface area contributed by atoms with Crippen molar-refractivity contribution in [3.8, 4) is 28.7 Å². The molecule has 0 radical (unpaired) electrons. The van der Waals surface area contributed by atoms with Crippen LogP contribution < -0.4 is 23.7 Å². The number of rotatable bonds is 6. The minimum absolute atomic E-state index is 0.00989. The number of allylic oxidation sites excluding steroid dienone is 1. The van der Waals surface area contributed by atoms with Gasteiger partial charge in [0.1, 0.15) is 11.5 Å². The van der Waals surface area contributed by atoms with Crippen LogP contribution >= 0.6 is 0 Å². The molecule has 2 aliphatic rings. The molecule has 0 saturated carbocycles. The van der Waals surface area contributed by atoms with Gasteiger partial charge >= 0.3 is 11.9 Å². The number of carbonyl (C=O) groups is 3. The first-order chi connectivity index (χ1) is 17.9. The second-order valence-corrected chi connectivity index (χ2v) is 8.38. The molecule has 0 amide bonds. The molecule has 9 heteroatoms. The van der Waals surface area contributed by atoms with Gasteiger partial charge in [0.25, 0.3) is 0 Å². The number of hydrogen-bond donors (Lipinski definition) is 1. The molecule has 3 aromatic rings. The predicted octanol–water partition coefficient (Wildman–Crippen LogP) is 4.47. The summed E-state index contributed by atoms with van der Waals surface area (Å²) >= 11 is 0. The van der Waals surface area contributed by atoms with E-state index in [1.807, 2.05) is 0 Å². The molecule has 2 heterocycles. The fourth-order valence-electron chi connectivity index (χ4n) is 4.63. The zero-order valence-corrected chi connectivity index (χ0v) is 20.2. The van der Waals surface area contributed by atoms with Gasteiger partial charge in [-0.25, -0.2) is 4.79 Å². The fraction of sp³-hybridized carbons (Fsp3) is 0.179. The molecule has 0 saturated heterocycles. The molecule has 9 nitrogen and oxygen atoms in total. The number of carboxylic acids is 1. The van der Waals surface area contributed by atoms with Crippen molar-refractivity contribution in [1.29, 1.82) is 0 Å². The van der Waals surface area contributed by atoms with E-state index in [2.05, 4.69) is 0 Å². The average Bonchev–Trinajstić information content (AvgIpc) is 3.22. The molecule has 0 aromatic heterocycles. The second-order valence-electron chi connectivity index (χ2n) is 8.38. The van der Waals surface area contributed by atoms with Crippen molar-refractivity contribution in [2.75, 3.05) is 21.3 Å². The topological polar surface area (TPSA) is 118 Å². The highest BCUT2D eigenvalue weighted by Crippen LogP contribution is 2.49. The Morgan fingerprint density at radius 3 is 2.30 bits per heavy atom. The number of fused-ring (bicyclic) bond motifs is 3. The second kappa shape index (κ2) is 9.34. The van der Waals surface area contributed by atoms with Crippen LogP contribution in [0.15, 0.2) is 54.3 Å². The van der Waals surface area contributed by atoms with E-state index in [1.165, 1.54) is 33.5 Å². The van der Waals surface area contributed by atoms with Crippen molar-refractivity contribution in [3.05, 3.63) is 82.1 Å². The van der Waals surface area contributed by atoms with Gasteiger partial charge in [-0.15, -0.1) is 0 Å². The van der Waals surface area contributed by atoms with Gasteiger partial charge in [-0.05, 0) is 48.0 Å². The lowest BCUT2D eigenvalue weighted by Crippen LogP contribution is -2.21. The molecule has 37 heavy (non-hydrogen) atoms. The molecular weight excluding hydrogens is 480 g/mol. The third-order valence-electron chi connectivity index (χ3n) is 6.36. The molecule has 0 aliphatic carbocycles. The summed E-state index contributed by atoms with van der Waals surface area (Å²) in [7, 11) is 4.48. The number of ether oxygens (including phenoxy) is 5. The van der Waals surface area contributed by atoms with Gasteiger partial charge < -0.3 is 28.8 Å². The number of ketones is 1. The Morgan fingerprint density at radius 1 is 0.919 bits per heavy atom. The summed E-state index contributed by atoms with van der Waals surface area (Å²) in [6, 6.07) is 12.8. The van der Waals surface area contributed by atoms with Crippen molar-refractivity contribution >= 4 is 23.8 Å². The van der Waals surface area contributed by atoms with Gasteiger partial charge in [-0.1, -0.05) is 12.1 Å². The smallest absolute Gasteiger partial charge is 0.335 e. The molecule has 5 rings (SSSR count). The molecule has 0 spiro atoms. The van der Waals surface area contributed by atoms with E-state index in [1.54, 1.807) is 42.5 Å². The SMILES string of the molecule is COc1ccc(/C=C2\Oc3c(ccc4c3[C@H](c3ccc(C(=O)O)cc3)CC(=O)O4)C2=O)c(OC)c1OC. The summed E-state index contributed by atoms with van der Waals surface area (Å²) in [6.45, 7) is 0. The Balaban J connectivity index is 1.59. The van der Waals surface area contributed by atoms with Crippen LogP contribution in [0.3, 0.4) is 0 Å². The number of aromatic carboxylic acids is 1. The maximum Gasteiger partial charge on any atom is 0.335 e. The van der Waals surface area contributed by atoms with Gasteiger partial charge in [-0.3, -0.25) is 9.59 Å². The number of carbonyl (C=O) groups excluding carboxylic acids is 2. The summed E-state index contributed by atoms with van der Waals surface area (Å²) in [6.07, 6.45) is 1.57. The molecule has 2 aliphatic heterocycles. The molecule has 0 bridgehead atoms. The Hall–Kier alpha value is -4.79. The number of hydrogen-bond acceptors (Lipinski definition) is 8. The first kappa shape index (κ1) is 23.9. The Labute approximate surface area is 211 Å². The third kappa shape index (κ3) is 4.04. The highest BCUT2D eigenvalue weighted by molar-refractivity contribution is 6.15. The van der Waals surface area contributed by atoms with Crippen LogP contribution in [0.4, 0.5) is 0 Å². The molecular formula is C28H22O9. The molecule has 1 atom stereocenters. The summed E-state index contributed by atoms with van der Waals surface area (Å²) < 4.78 is 27.8. The van der Waals surface area contributed by atoms with Crippen LogP contribution in [-0.4, -0.2) is 44.2 Å². The predicted molar refractivity (Wildman–Crippen MR) is 131 cm³/mol. The lowest BCUT2D eigenvalue weighted by molar-refractivity contribution is -0.135. The Morgan fingerprint density at radius 2 is 1.65 bits per heavy atom. The standard InChI is InChI=1S/C28H22O9/c1-33-20-10-8-16(25(34-2)27(20)35-3)12-21-24(30)17-9-11-19-23(26(17)37-21)18(13-22(29)36-19)14-4-6-15(7-5-14)28(31)32/h4-12,18H,13H2,1-3H3,(H,31,32)/b21-12-/t18-/m0/s1. The zero-order valence-electron chi connectivity index (χ0n) is 20.2. The van der Waals surface area contributed by atoms with Crippen molar-refractivity contribution < 1.29 is 43.2 Å². The van der Waals surface area contributed by atoms with E-state index < -0.39 is 17.9 Å². The number of methoxy groups -OCH3 is 3. The van der Waals surface area contributed by atoms with Crippen molar-refractivity contribution in [1.82, 2.24) is 0 Å². The Bertz CT molecular complexity index is 1470. The maximum atomic E-state index is 13.3. The van der Waals surface area contributed by atoms with E-state index in [-0.39, 0.29) is 23.5 Å². The average molecular weight is 502 g/mol. The van der Waals surface area contributed by atoms with E-state index in [0.29, 0.717) is 51.0 Å². The van der Waals surface area contributed by atoms with Crippen LogP contribution in [0.2, 0.25) is 0 Å². The van der Waals surface area contributed by atoms with Crippen LogP contribution in [0.5, 0.6) is 28.7 Å². The minimum atomic E-state index is -1.05. The van der Waals surface area contributed by atoms with Crippen LogP contribution in [0, 0.1) is 0 Å². The van der Waals surface area contributed by atoms with Crippen LogP contribution in [0.1, 0.15) is 49.7 Å². The van der Waals surface area contributed by atoms with Crippen molar-refractivity contribution in [3.63, 3.8) is 0 Å². The summed E-state index contributed by atoms with van der Waals surface area (Å²) in [4.78, 5) is 37.0. The van der Waals surface area contributed by atoms with E-state index in [9.17, 15) is 19.5 Å². The number of Topliss-reactive ketones (excluding diaryl/α,β-unsaturated/α-hetero) is 1. The maximum absolute atomic E-state index is 13.3. The lowest BCUT2D eigenvalue weighted by atomic mass is 9.84. The molecule has 0 unspecified atom stereocenters. The normalized spacial score (nSPS) is 16.9. The highest BCUT2D eigenvalue weighted by Gasteiger charge is 2.38. The first-order valence-corrected chi connectivity index (χ1v) is 11.3. The molecule has 1 N–H and O–H groups in total. The van der Waals surface area contributed by atoms with E-state index in [4.69, 9.17) is 23.7 Å². The van der Waals surface area contributed by atoms with Crippen molar-refractivity contribution in [2.45, 2.75) is 12.3 Å². The molecule has 3 aromatic carbocycles. The van der Waals surface area contributed by atoms with E-state index >= 15 is 0 Å². The summed E-state index contributed by atoms with van der Waals surface area (Å²) in [5.74, 6) is -0.455. The number of carboxylic acid groups (broad SMARTS) is 1. The van der Waals surface area contributed by atoms with Gasteiger partial charge in [0.15, 0.2) is 17.3 Å². The van der Waals surface area contributed by atoms with Gasteiger partial charge in [0.05, 0.1) is 38.9 Å². The summed E-state index contributed by atoms with van der Waals surface area (Å²) in [5, 5.41) is 9.23. The fourth-order valence-corrected chi connectivity index (χ4v) is 4.63. The Kier molecular flexibility index (Phi) is 6.04.